The number of hydrogen-bond acceptors (Lipinski definition) is 5. The van der Waals surface area contributed by atoms with Gasteiger partial charge in [0, 0.05) is 24.2 Å². The molecular weight excluding hydrogens is 286 g/mol. The van der Waals surface area contributed by atoms with Crippen molar-refractivity contribution in [3.63, 3.8) is 0 Å². The summed E-state index contributed by atoms with van der Waals surface area (Å²) in [5, 5.41) is 5.77. The number of aryl methyl sites for hydroxylation is 1. The summed E-state index contributed by atoms with van der Waals surface area (Å²) >= 11 is 1.44. The Morgan fingerprint density at radius 3 is 2.95 bits per heavy atom. The second-order valence-corrected chi connectivity index (χ2v) is 5.80. The van der Waals surface area contributed by atoms with Crippen LogP contribution in [0, 0.1) is 6.92 Å². The van der Waals surface area contributed by atoms with Crippen LogP contribution in [-0.2, 0) is 4.74 Å². The molecule has 110 valence electrons. The normalized spacial score (nSPS) is 15.0. The number of amides is 1. The standard InChI is InChI=1S/C15H17N3O2S/c1-11-3-2-4-12(9-11)16-15-17-13(10-21-15)14(19)18-5-7-20-8-6-18/h2-4,9-10H,5-8H2,1H3,(H,16,17). The summed E-state index contributed by atoms with van der Waals surface area (Å²) in [5.74, 6) is -0.0214. The minimum absolute atomic E-state index is 0.0214. The molecule has 1 aromatic heterocycles. The molecule has 1 amide bonds. The van der Waals surface area contributed by atoms with Crippen LogP contribution in [0.1, 0.15) is 16.1 Å². The molecule has 0 saturated carbocycles. The van der Waals surface area contributed by atoms with E-state index < -0.39 is 0 Å². The monoisotopic (exact) mass is 303 g/mol. The highest BCUT2D eigenvalue weighted by Gasteiger charge is 2.20. The van der Waals surface area contributed by atoms with Gasteiger partial charge in [0.1, 0.15) is 5.69 Å². The minimum atomic E-state index is -0.0214. The number of morpholine rings is 1. The number of ether oxygens (including phenoxy) is 1. The molecule has 2 heterocycles. The van der Waals surface area contributed by atoms with Gasteiger partial charge < -0.3 is 15.0 Å². The Hall–Kier alpha value is -1.92. The van der Waals surface area contributed by atoms with Gasteiger partial charge in [-0.25, -0.2) is 4.98 Å². The van der Waals surface area contributed by atoms with E-state index in [1.807, 2.05) is 31.2 Å². The van der Waals surface area contributed by atoms with Crippen LogP contribution in [0.15, 0.2) is 29.6 Å². The number of benzene rings is 1. The van der Waals surface area contributed by atoms with Gasteiger partial charge in [-0.15, -0.1) is 11.3 Å². The Morgan fingerprint density at radius 2 is 2.19 bits per heavy atom. The molecule has 1 fully saturated rings. The molecule has 1 aromatic carbocycles. The molecule has 0 spiro atoms. The lowest BCUT2D eigenvalue weighted by Crippen LogP contribution is -2.40. The Morgan fingerprint density at radius 1 is 1.38 bits per heavy atom. The van der Waals surface area contributed by atoms with E-state index in [0.29, 0.717) is 32.0 Å². The van der Waals surface area contributed by atoms with Crippen molar-refractivity contribution in [2.45, 2.75) is 6.92 Å². The van der Waals surface area contributed by atoms with E-state index in [0.717, 1.165) is 10.8 Å². The first-order valence-corrected chi connectivity index (χ1v) is 7.76. The van der Waals surface area contributed by atoms with Crippen LogP contribution in [0.4, 0.5) is 10.8 Å². The smallest absolute Gasteiger partial charge is 0.273 e. The summed E-state index contributed by atoms with van der Waals surface area (Å²) in [6.07, 6.45) is 0. The highest BCUT2D eigenvalue weighted by molar-refractivity contribution is 7.14. The van der Waals surface area contributed by atoms with Crippen molar-refractivity contribution in [2.75, 3.05) is 31.6 Å². The number of nitrogens with zero attached hydrogens (tertiary/aromatic N) is 2. The second kappa shape index (κ2) is 6.24. The Balaban J connectivity index is 1.69. The van der Waals surface area contributed by atoms with Crippen molar-refractivity contribution >= 4 is 28.1 Å². The second-order valence-electron chi connectivity index (χ2n) is 4.94. The molecule has 0 radical (unpaired) electrons. The van der Waals surface area contributed by atoms with Gasteiger partial charge in [-0.1, -0.05) is 12.1 Å². The minimum Gasteiger partial charge on any atom is -0.378 e. The molecule has 5 nitrogen and oxygen atoms in total. The van der Waals surface area contributed by atoms with Crippen LogP contribution in [0.3, 0.4) is 0 Å². The van der Waals surface area contributed by atoms with Crippen molar-refractivity contribution < 1.29 is 9.53 Å². The molecule has 0 aliphatic carbocycles. The van der Waals surface area contributed by atoms with Gasteiger partial charge in [-0.05, 0) is 24.6 Å². The van der Waals surface area contributed by atoms with E-state index in [1.54, 1.807) is 10.3 Å². The predicted molar refractivity (Wildman–Crippen MR) is 83.3 cm³/mol. The summed E-state index contributed by atoms with van der Waals surface area (Å²) in [5.41, 5.74) is 2.66. The van der Waals surface area contributed by atoms with Crippen molar-refractivity contribution in [3.05, 3.63) is 40.9 Å². The summed E-state index contributed by atoms with van der Waals surface area (Å²) < 4.78 is 5.26. The Kier molecular flexibility index (Phi) is 4.17. The number of thiazole rings is 1. The Bertz CT molecular complexity index is 635. The maximum Gasteiger partial charge on any atom is 0.273 e. The van der Waals surface area contributed by atoms with Crippen LogP contribution >= 0.6 is 11.3 Å². The fourth-order valence-corrected chi connectivity index (χ4v) is 2.91. The molecule has 1 aliphatic rings. The molecule has 1 N–H and O–H groups in total. The molecule has 6 heteroatoms. The summed E-state index contributed by atoms with van der Waals surface area (Å²) in [6, 6.07) is 8.06. The fraction of sp³-hybridized carbons (Fsp3) is 0.333. The van der Waals surface area contributed by atoms with Crippen molar-refractivity contribution in [2.24, 2.45) is 0 Å². The van der Waals surface area contributed by atoms with E-state index in [9.17, 15) is 4.79 Å². The molecule has 2 aromatic rings. The van der Waals surface area contributed by atoms with Crippen LogP contribution in [0.5, 0.6) is 0 Å². The Labute approximate surface area is 127 Å². The molecule has 3 rings (SSSR count). The fourth-order valence-electron chi connectivity index (χ4n) is 2.20. The van der Waals surface area contributed by atoms with Crippen LogP contribution in [0.2, 0.25) is 0 Å². The van der Waals surface area contributed by atoms with Gasteiger partial charge in [0.25, 0.3) is 5.91 Å². The van der Waals surface area contributed by atoms with Crippen LogP contribution in [-0.4, -0.2) is 42.1 Å². The number of aromatic nitrogens is 1. The first kappa shape index (κ1) is 14.0. The quantitative estimate of drug-likeness (QED) is 0.947. The van der Waals surface area contributed by atoms with E-state index in [1.165, 1.54) is 16.9 Å². The lowest BCUT2D eigenvalue weighted by atomic mass is 10.2. The van der Waals surface area contributed by atoms with Crippen LogP contribution in [0.25, 0.3) is 0 Å². The van der Waals surface area contributed by atoms with Crippen molar-refractivity contribution in [1.82, 2.24) is 9.88 Å². The number of carbonyl (C=O) groups excluding carboxylic acids is 1. The predicted octanol–water partition coefficient (Wildman–Crippen LogP) is 2.67. The van der Waals surface area contributed by atoms with E-state index in [4.69, 9.17) is 4.74 Å². The zero-order valence-corrected chi connectivity index (χ0v) is 12.7. The molecule has 0 bridgehead atoms. The molecule has 1 aliphatic heterocycles. The molecule has 0 unspecified atom stereocenters. The summed E-state index contributed by atoms with van der Waals surface area (Å²) in [7, 11) is 0. The average molecular weight is 303 g/mol. The lowest BCUT2D eigenvalue weighted by Gasteiger charge is -2.25. The maximum atomic E-state index is 12.3. The molecule has 1 saturated heterocycles. The van der Waals surface area contributed by atoms with Gasteiger partial charge in [0.15, 0.2) is 5.13 Å². The first-order valence-electron chi connectivity index (χ1n) is 6.88. The first-order chi connectivity index (χ1) is 10.2. The van der Waals surface area contributed by atoms with Gasteiger partial charge in [-0.2, -0.15) is 0 Å². The van der Waals surface area contributed by atoms with E-state index >= 15 is 0 Å². The van der Waals surface area contributed by atoms with Crippen molar-refractivity contribution in [3.8, 4) is 0 Å². The summed E-state index contributed by atoms with van der Waals surface area (Å²) in [4.78, 5) is 18.5. The maximum absolute atomic E-state index is 12.3. The summed E-state index contributed by atoms with van der Waals surface area (Å²) in [6.45, 7) is 4.52. The highest BCUT2D eigenvalue weighted by atomic mass is 32.1. The largest absolute Gasteiger partial charge is 0.378 e. The third-order valence-electron chi connectivity index (χ3n) is 3.29. The van der Waals surface area contributed by atoms with Gasteiger partial charge >= 0.3 is 0 Å². The van der Waals surface area contributed by atoms with Crippen molar-refractivity contribution in [1.29, 1.82) is 0 Å². The zero-order valence-electron chi connectivity index (χ0n) is 11.8. The number of anilines is 2. The van der Waals surface area contributed by atoms with E-state index in [-0.39, 0.29) is 5.91 Å². The number of carbonyl (C=O) groups is 1. The third-order valence-corrected chi connectivity index (χ3v) is 4.05. The molecule has 21 heavy (non-hydrogen) atoms. The number of rotatable bonds is 3. The third kappa shape index (κ3) is 3.40. The topological polar surface area (TPSA) is 54.5 Å². The zero-order chi connectivity index (χ0) is 14.7. The average Bonchev–Trinajstić information content (AvgIpc) is 2.96. The lowest BCUT2D eigenvalue weighted by molar-refractivity contribution is 0.0299. The molecular formula is C15H17N3O2S. The SMILES string of the molecule is Cc1cccc(Nc2nc(C(=O)N3CCOCC3)cs2)c1. The van der Waals surface area contributed by atoms with Gasteiger partial charge in [0.05, 0.1) is 13.2 Å². The number of nitrogens with one attached hydrogen (secondary N) is 1. The van der Waals surface area contributed by atoms with Gasteiger partial charge in [0.2, 0.25) is 0 Å². The van der Waals surface area contributed by atoms with Crippen LogP contribution < -0.4 is 5.32 Å². The highest BCUT2D eigenvalue weighted by Crippen LogP contribution is 2.22. The van der Waals surface area contributed by atoms with E-state index in [2.05, 4.69) is 10.3 Å². The molecule has 0 atom stereocenters. The number of hydrogen-bond donors (Lipinski definition) is 1. The van der Waals surface area contributed by atoms with Gasteiger partial charge in [-0.3, -0.25) is 4.79 Å².